The molecule has 1 heterocycles. The van der Waals surface area contributed by atoms with Crippen LogP contribution >= 0.6 is 11.8 Å². The molecule has 2 rings (SSSR count). The first kappa shape index (κ1) is 6.50. The molecular formula is C8H10OS. The van der Waals surface area contributed by atoms with Crippen molar-refractivity contribution in [2.45, 2.75) is 24.0 Å². The van der Waals surface area contributed by atoms with Gasteiger partial charge in [-0.3, -0.25) is 0 Å². The van der Waals surface area contributed by atoms with Crippen molar-refractivity contribution < 1.29 is 5.11 Å². The average Bonchev–Trinajstić information content (AvgIpc) is 2.41. The van der Waals surface area contributed by atoms with Crippen molar-refractivity contribution in [2.24, 2.45) is 0 Å². The van der Waals surface area contributed by atoms with Crippen molar-refractivity contribution in [3.8, 4) is 0 Å². The molecule has 0 radical (unpaired) electrons. The highest BCUT2D eigenvalue weighted by Crippen LogP contribution is 2.56. The maximum Gasteiger partial charge on any atom is 0.145 e. The fourth-order valence-corrected chi connectivity index (χ4v) is 2.21. The van der Waals surface area contributed by atoms with Gasteiger partial charge < -0.3 is 5.11 Å². The van der Waals surface area contributed by atoms with E-state index in [1.165, 1.54) is 11.1 Å². The number of rotatable bonds is 0. The summed E-state index contributed by atoms with van der Waals surface area (Å²) in [6, 6.07) is 0. The van der Waals surface area contributed by atoms with E-state index in [0.717, 1.165) is 0 Å². The molecule has 10 heavy (non-hydrogen) atoms. The molecule has 2 aliphatic rings. The average molecular weight is 154 g/mol. The molecule has 1 aliphatic heterocycles. The van der Waals surface area contributed by atoms with Crippen molar-refractivity contribution in [3.63, 3.8) is 0 Å². The van der Waals surface area contributed by atoms with E-state index >= 15 is 0 Å². The van der Waals surface area contributed by atoms with Crippen LogP contribution in [0.25, 0.3) is 0 Å². The van der Waals surface area contributed by atoms with Gasteiger partial charge in [0, 0.05) is 0 Å². The third-order valence-electron chi connectivity index (χ3n) is 2.11. The van der Waals surface area contributed by atoms with E-state index in [1.54, 1.807) is 11.8 Å². The van der Waals surface area contributed by atoms with E-state index in [0.29, 0.717) is 5.25 Å². The smallest absolute Gasteiger partial charge is 0.145 e. The van der Waals surface area contributed by atoms with Crippen molar-refractivity contribution in [2.75, 3.05) is 0 Å². The van der Waals surface area contributed by atoms with E-state index in [1.807, 2.05) is 13.0 Å². The zero-order chi connectivity index (χ0) is 7.35. The molecule has 1 saturated heterocycles. The summed E-state index contributed by atoms with van der Waals surface area (Å²) >= 11 is 1.61. The first-order chi connectivity index (χ1) is 4.62. The molecule has 0 aromatic carbocycles. The van der Waals surface area contributed by atoms with Crippen LogP contribution in [-0.4, -0.2) is 15.3 Å². The monoisotopic (exact) mass is 154 g/mol. The Balaban J connectivity index is 2.37. The Hall–Kier alpha value is -0.210. The van der Waals surface area contributed by atoms with Crippen LogP contribution in [0.4, 0.5) is 0 Å². The molecule has 2 atom stereocenters. The summed E-state index contributed by atoms with van der Waals surface area (Å²) in [7, 11) is 0. The first-order valence-electron chi connectivity index (χ1n) is 3.40. The highest BCUT2D eigenvalue weighted by atomic mass is 32.2. The minimum absolute atomic E-state index is 0.344. The molecule has 54 valence electrons. The van der Waals surface area contributed by atoms with Gasteiger partial charge in [-0.05, 0) is 25.5 Å². The predicted molar refractivity (Wildman–Crippen MR) is 43.8 cm³/mol. The molecule has 1 N–H and O–H groups in total. The van der Waals surface area contributed by atoms with Crippen molar-refractivity contribution in [1.29, 1.82) is 0 Å². The molecule has 1 fully saturated rings. The van der Waals surface area contributed by atoms with Crippen LogP contribution in [0.5, 0.6) is 0 Å². The molecule has 2 heteroatoms. The van der Waals surface area contributed by atoms with E-state index in [9.17, 15) is 5.11 Å². The Morgan fingerprint density at radius 2 is 2.20 bits per heavy atom. The maximum atomic E-state index is 9.58. The van der Waals surface area contributed by atoms with Gasteiger partial charge in [0.05, 0.1) is 5.25 Å². The number of aliphatic hydroxyl groups is 1. The van der Waals surface area contributed by atoms with Crippen LogP contribution in [-0.2, 0) is 0 Å². The first-order valence-corrected chi connectivity index (χ1v) is 4.28. The standard InChI is InChI=1S/C8H10OS/c1-5-3-7-8(9,10-7)4-6(5)2/h3-4,7,9H,1-2H3. The van der Waals surface area contributed by atoms with Gasteiger partial charge in [0.2, 0.25) is 0 Å². The number of thioether (sulfide) groups is 1. The van der Waals surface area contributed by atoms with Crippen molar-refractivity contribution in [1.82, 2.24) is 0 Å². The summed E-state index contributed by atoms with van der Waals surface area (Å²) in [5.41, 5.74) is 2.52. The Morgan fingerprint density at radius 3 is 2.80 bits per heavy atom. The summed E-state index contributed by atoms with van der Waals surface area (Å²) in [5, 5.41) is 9.92. The zero-order valence-corrected chi connectivity index (χ0v) is 6.90. The van der Waals surface area contributed by atoms with Crippen LogP contribution in [0.2, 0.25) is 0 Å². The minimum atomic E-state index is -0.524. The highest BCUT2D eigenvalue weighted by Gasteiger charge is 2.52. The van der Waals surface area contributed by atoms with Gasteiger partial charge >= 0.3 is 0 Å². The second-order valence-corrected chi connectivity index (χ2v) is 4.36. The Morgan fingerprint density at radius 1 is 1.50 bits per heavy atom. The topological polar surface area (TPSA) is 20.2 Å². The fourth-order valence-electron chi connectivity index (χ4n) is 1.22. The second-order valence-electron chi connectivity index (χ2n) is 2.97. The summed E-state index contributed by atoms with van der Waals surface area (Å²) in [6.45, 7) is 4.13. The summed E-state index contributed by atoms with van der Waals surface area (Å²) in [4.78, 5) is -0.524. The van der Waals surface area contributed by atoms with Crippen LogP contribution in [0, 0.1) is 0 Å². The molecule has 0 spiro atoms. The molecule has 0 bridgehead atoms. The van der Waals surface area contributed by atoms with E-state index in [4.69, 9.17) is 0 Å². The lowest BCUT2D eigenvalue weighted by molar-refractivity contribution is 0.227. The van der Waals surface area contributed by atoms with Gasteiger partial charge in [-0.25, -0.2) is 0 Å². The molecule has 0 aromatic heterocycles. The minimum Gasteiger partial charge on any atom is -0.374 e. The number of fused-ring (bicyclic) bond motifs is 1. The second kappa shape index (κ2) is 1.69. The summed E-state index contributed by atoms with van der Waals surface area (Å²) in [5.74, 6) is 0. The molecule has 2 unspecified atom stereocenters. The van der Waals surface area contributed by atoms with Gasteiger partial charge in [0.15, 0.2) is 0 Å². The van der Waals surface area contributed by atoms with Crippen LogP contribution < -0.4 is 0 Å². The zero-order valence-electron chi connectivity index (χ0n) is 6.09. The Bertz CT molecular complexity index is 242. The molecule has 1 aliphatic carbocycles. The number of allylic oxidation sites excluding steroid dienone is 2. The quantitative estimate of drug-likeness (QED) is 0.536. The van der Waals surface area contributed by atoms with E-state index < -0.39 is 4.93 Å². The highest BCUT2D eigenvalue weighted by molar-refractivity contribution is 8.08. The van der Waals surface area contributed by atoms with Crippen LogP contribution in [0.3, 0.4) is 0 Å². The maximum absolute atomic E-state index is 9.58. The van der Waals surface area contributed by atoms with Gasteiger partial charge in [0.1, 0.15) is 4.93 Å². The Labute approximate surface area is 64.8 Å². The van der Waals surface area contributed by atoms with Crippen LogP contribution in [0.1, 0.15) is 13.8 Å². The van der Waals surface area contributed by atoms with E-state index in [2.05, 4.69) is 13.0 Å². The Kier molecular flexibility index (Phi) is 1.10. The van der Waals surface area contributed by atoms with Crippen LogP contribution in [0.15, 0.2) is 23.3 Å². The van der Waals surface area contributed by atoms with Crippen molar-refractivity contribution in [3.05, 3.63) is 23.3 Å². The normalized spacial score (nSPS) is 43.7. The third-order valence-corrected chi connectivity index (χ3v) is 3.36. The third kappa shape index (κ3) is 0.756. The molecule has 1 nitrogen and oxygen atoms in total. The van der Waals surface area contributed by atoms with Gasteiger partial charge in [-0.1, -0.05) is 11.6 Å². The van der Waals surface area contributed by atoms with Gasteiger partial charge in [0.25, 0.3) is 0 Å². The molecular weight excluding hydrogens is 144 g/mol. The van der Waals surface area contributed by atoms with E-state index in [-0.39, 0.29) is 0 Å². The van der Waals surface area contributed by atoms with Crippen molar-refractivity contribution >= 4 is 11.8 Å². The SMILES string of the molecule is CC1=CC2SC2(O)C=C1C. The summed E-state index contributed by atoms with van der Waals surface area (Å²) in [6.07, 6.45) is 4.09. The lowest BCUT2D eigenvalue weighted by Crippen LogP contribution is -2.12. The lowest BCUT2D eigenvalue weighted by Gasteiger charge is -2.09. The van der Waals surface area contributed by atoms with Gasteiger partial charge in [-0.15, -0.1) is 11.8 Å². The molecule has 0 saturated carbocycles. The molecule has 0 aromatic rings. The summed E-state index contributed by atoms with van der Waals surface area (Å²) < 4.78 is 0. The molecule has 0 amide bonds. The number of hydrogen-bond donors (Lipinski definition) is 1. The van der Waals surface area contributed by atoms with Gasteiger partial charge in [-0.2, -0.15) is 0 Å². The lowest BCUT2D eigenvalue weighted by atomic mass is 9.99. The predicted octanol–water partition coefficient (Wildman–Crippen LogP) is 1.70. The number of hydrogen-bond acceptors (Lipinski definition) is 2. The largest absolute Gasteiger partial charge is 0.374 e. The fraction of sp³-hybridized carbons (Fsp3) is 0.500.